The third-order valence-electron chi connectivity index (χ3n) is 7.63. The summed E-state index contributed by atoms with van der Waals surface area (Å²) in [5.41, 5.74) is 7.37. The molecule has 2 heterocycles. The minimum Gasteiger partial charge on any atom is -0.355 e. The first-order valence-electron chi connectivity index (χ1n) is 12.6. The quantitative estimate of drug-likeness (QED) is 0.495. The van der Waals surface area contributed by atoms with Crippen LogP contribution in [0.15, 0.2) is 65.8 Å². The van der Waals surface area contributed by atoms with E-state index in [1.54, 1.807) is 0 Å². The Labute approximate surface area is 212 Å². The van der Waals surface area contributed by atoms with Crippen molar-refractivity contribution >= 4 is 26.8 Å². The van der Waals surface area contributed by atoms with Gasteiger partial charge in [0.2, 0.25) is 0 Å². The Balaban J connectivity index is 1.42. The molecule has 5 rings (SSSR count). The molecule has 36 heavy (non-hydrogen) atoms. The molecule has 2 aromatic rings. The zero-order valence-electron chi connectivity index (χ0n) is 20.8. The lowest BCUT2D eigenvalue weighted by atomic mass is 9.92. The van der Waals surface area contributed by atoms with Gasteiger partial charge in [-0.25, -0.2) is 17.2 Å². The van der Waals surface area contributed by atoms with Gasteiger partial charge in [-0.3, -0.25) is 4.90 Å². The van der Waals surface area contributed by atoms with E-state index in [9.17, 15) is 12.8 Å². The monoisotopic (exact) mass is 510 g/mol. The van der Waals surface area contributed by atoms with Crippen molar-refractivity contribution in [2.45, 2.75) is 52.1 Å². The van der Waals surface area contributed by atoms with Gasteiger partial charge in [0, 0.05) is 42.2 Å². The summed E-state index contributed by atoms with van der Waals surface area (Å²) in [7, 11) is -2.92. The summed E-state index contributed by atoms with van der Waals surface area (Å²) < 4.78 is 53.0. The van der Waals surface area contributed by atoms with Crippen LogP contribution in [0.2, 0.25) is 0 Å². The summed E-state index contributed by atoms with van der Waals surface area (Å²) in [5.74, 6) is -0.538. The van der Waals surface area contributed by atoms with E-state index in [1.165, 1.54) is 17.2 Å². The second-order valence-electron chi connectivity index (χ2n) is 9.99. The zero-order valence-corrected chi connectivity index (χ0v) is 21.6. The zero-order chi connectivity index (χ0) is 25.4. The highest BCUT2D eigenvalue weighted by Crippen LogP contribution is 2.38. The summed E-state index contributed by atoms with van der Waals surface area (Å²) in [6, 6.07) is 12.2. The van der Waals surface area contributed by atoms with Crippen LogP contribution in [0.4, 0.5) is 20.2 Å². The lowest BCUT2D eigenvalue weighted by molar-refractivity contribution is 0.194. The lowest BCUT2D eigenvalue weighted by Gasteiger charge is -2.34. The molecule has 1 aliphatic carbocycles. The van der Waals surface area contributed by atoms with E-state index >= 15 is 4.39 Å². The number of anilines is 2. The number of hydrogen-bond acceptors (Lipinski definition) is 4. The maximum Gasteiger partial charge on any atom is 0.151 e. The van der Waals surface area contributed by atoms with E-state index in [2.05, 4.69) is 22.3 Å². The maximum absolute atomic E-state index is 15.1. The van der Waals surface area contributed by atoms with Gasteiger partial charge in [-0.2, -0.15) is 0 Å². The molecule has 2 aromatic carbocycles. The molecule has 1 unspecified atom stereocenters. The van der Waals surface area contributed by atoms with Crippen LogP contribution >= 0.6 is 0 Å². The van der Waals surface area contributed by atoms with Gasteiger partial charge in [0.25, 0.3) is 0 Å². The van der Waals surface area contributed by atoms with Gasteiger partial charge in [0.15, 0.2) is 9.84 Å². The number of halogens is 2. The Morgan fingerprint density at radius 1 is 1.17 bits per heavy atom. The van der Waals surface area contributed by atoms with Crippen LogP contribution in [0.3, 0.4) is 0 Å². The van der Waals surface area contributed by atoms with Gasteiger partial charge in [-0.15, -0.1) is 0 Å². The molecule has 1 saturated heterocycles. The van der Waals surface area contributed by atoms with Crippen LogP contribution in [0.1, 0.15) is 48.4 Å². The first kappa shape index (κ1) is 24.9. The molecule has 0 spiro atoms. The van der Waals surface area contributed by atoms with Gasteiger partial charge in [0.05, 0.1) is 11.5 Å². The number of nitrogens with zero attached hydrogens (tertiary/aromatic N) is 1. The molecule has 1 N–H and O–H groups in total. The smallest absolute Gasteiger partial charge is 0.151 e. The van der Waals surface area contributed by atoms with Gasteiger partial charge in [-0.1, -0.05) is 30.7 Å². The van der Waals surface area contributed by atoms with E-state index in [4.69, 9.17) is 0 Å². The van der Waals surface area contributed by atoms with Crippen molar-refractivity contribution in [1.82, 2.24) is 4.90 Å². The van der Waals surface area contributed by atoms with Gasteiger partial charge in [0.1, 0.15) is 11.7 Å². The molecular formula is C29H32F2N2O2S. The highest BCUT2D eigenvalue weighted by molar-refractivity contribution is 7.91. The molecule has 0 radical (unpaired) electrons. The van der Waals surface area contributed by atoms with Crippen LogP contribution in [-0.4, -0.2) is 37.4 Å². The number of nitrogens with one attached hydrogen (secondary N) is 1. The Morgan fingerprint density at radius 2 is 2.00 bits per heavy atom. The number of allylic oxidation sites excluding steroid dienone is 6. The van der Waals surface area contributed by atoms with Crippen molar-refractivity contribution in [3.05, 3.63) is 88.0 Å². The average molecular weight is 511 g/mol. The normalized spacial score (nSPS) is 22.1. The van der Waals surface area contributed by atoms with Gasteiger partial charge >= 0.3 is 0 Å². The van der Waals surface area contributed by atoms with Crippen LogP contribution in [0.5, 0.6) is 0 Å². The van der Waals surface area contributed by atoms with E-state index < -0.39 is 21.5 Å². The molecule has 0 amide bonds. The van der Waals surface area contributed by atoms with Crippen LogP contribution in [-0.2, 0) is 22.8 Å². The number of hydrogen-bond donors (Lipinski definition) is 1. The number of sulfone groups is 1. The van der Waals surface area contributed by atoms with Gasteiger partial charge in [-0.05, 0) is 79.1 Å². The Kier molecular flexibility index (Phi) is 6.88. The molecule has 1 atom stereocenters. The van der Waals surface area contributed by atoms with Crippen LogP contribution in [0, 0.1) is 6.92 Å². The maximum atomic E-state index is 15.1. The van der Waals surface area contributed by atoms with E-state index in [0.29, 0.717) is 24.8 Å². The molecule has 0 bridgehead atoms. The fourth-order valence-corrected chi connectivity index (χ4v) is 7.39. The standard InChI is InChI=1S/C29H32F2N2O2S/c1-3-20-8-9-22(30)15-27(31)29(20)26-16-23(10-7-19(26)2)32-28-6-4-5-21-17-33(13-11-25(21)28)24-12-14-36(34,35)18-24/h4-7,9-10,15-16,24,32H,3,8,11-14,17-18H2,1-2H3. The first-order valence-corrected chi connectivity index (χ1v) is 14.4. The molecule has 190 valence electrons. The fraction of sp³-hybridized carbons (Fsp3) is 0.379. The average Bonchev–Trinajstić information content (AvgIpc) is 3.15. The minimum atomic E-state index is -2.92. The summed E-state index contributed by atoms with van der Waals surface area (Å²) >= 11 is 0. The topological polar surface area (TPSA) is 49.4 Å². The Hall–Kier alpha value is -2.77. The SMILES string of the molecule is CCC1=C(c2cc(Nc3cccc4c3CCN(C3CCS(=O)(=O)C3)C4)ccc2C)C(F)=CC(F)=CC1. The van der Waals surface area contributed by atoms with Crippen molar-refractivity contribution in [2.24, 2.45) is 0 Å². The summed E-state index contributed by atoms with van der Waals surface area (Å²) in [6.45, 7) is 5.49. The lowest BCUT2D eigenvalue weighted by Crippen LogP contribution is -2.40. The summed E-state index contributed by atoms with van der Waals surface area (Å²) in [6.07, 6.45) is 4.99. The molecule has 3 aliphatic rings. The van der Waals surface area contributed by atoms with Crippen molar-refractivity contribution in [3.8, 4) is 0 Å². The van der Waals surface area contributed by atoms with E-state index in [0.717, 1.165) is 53.7 Å². The second-order valence-corrected chi connectivity index (χ2v) is 12.2. The predicted octanol–water partition coefficient (Wildman–Crippen LogP) is 6.56. The Morgan fingerprint density at radius 3 is 2.75 bits per heavy atom. The van der Waals surface area contributed by atoms with Crippen LogP contribution in [0.25, 0.3) is 5.57 Å². The van der Waals surface area contributed by atoms with E-state index in [1.807, 2.05) is 38.1 Å². The number of benzene rings is 2. The molecule has 1 fully saturated rings. The molecule has 7 heteroatoms. The summed E-state index contributed by atoms with van der Waals surface area (Å²) in [5, 5.41) is 3.54. The highest BCUT2D eigenvalue weighted by Gasteiger charge is 2.34. The third kappa shape index (κ3) is 5.04. The molecule has 4 nitrogen and oxygen atoms in total. The van der Waals surface area contributed by atoms with Crippen molar-refractivity contribution in [1.29, 1.82) is 0 Å². The van der Waals surface area contributed by atoms with Crippen LogP contribution < -0.4 is 5.32 Å². The number of rotatable bonds is 5. The molecule has 0 saturated carbocycles. The number of aryl methyl sites for hydroxylation is 1. The molecule has 0 aromatic heterocycles. The predicted molar refractivity (Wildman–Crippen MR) is 142 cm³/mol. The largest absolute Gasteiger partial charge is 0.355 e. The fourth-order valence-electron chi connectivity index (χ4n) is 5.63. The highest BCUT2D eigenvalue weighted by atomic mass is 32.2. The minimum absolute atomic E-state index is 0.0994. The molecular weight excluding hydrogens is 478 g/mol. The third-order valence-corrected chi connectivity index (χ3v) is 9.38. The first-order chi connectivity index (χ1) is 17.2. The second kappa shape index (κ2) is 9.94. The van der Waals surface area contributed by atoms with Crippen molar-refractivity contribution in [3.63, 3.8) is 0 Å². The number of fused-ring (bicyclic) bond motifs is 1. The van der Waals surface area contributed by atoms with E-state index in [-0.39, 0.29) is 17.5 Å². The summed E-state index contributed by atoms with van der Waals surface area (Å²) in [4.78, 5) is 2.30. The van der Waals surface area contributed by atoms with Gasteiger partial charge < -0.3 is 5.32 Å². The van der Waals surface area contributed by atoms with Crippen molar-refractivity contribution in [2.75, 3.05) is 23.4 Å². The molecule has 2 aliphatic heterocycles. The van der Waals surface area contributed by atoms with Crippen molar-refractivity contribution < 1.29 is 17.2 Å². The Bertz CT molecular complexity index is 1390.